The van der Waals surface area contributed by atoms with E-state index in [0.717, 1.165) is 25.0 Å². The number of fused-ring (bicyclic) bond motifs is 4. The van der Waals surface area contributed by atoms with E-state index >= 15 is 0 Å². The lowest BCUT2D eigenvalue weighted by molar-refractivity contribution is 0.0539. The van der Waals surface area contributed by atoms with Crippen LogP contribution in [-0.2, 0) is 23.0 Å². The van der Waals surface area contributed by atoms with Crippen LogP contribution in [0.25, 0.3) is 10.9 Å². The van der Waals surface area contributed by atoms with Gasteiger partial charge in [-0.2, -0.15) is 0 Å². The van der Waals surface area contributed by atoms with Gasteiger partial charge >= 0.3 is 6.09 Å². The van der Waals surface area contributed by atoms with Crippen LogP contribution in [0, 0.1) is 12.8 Å². The Bertz CT molecular complexity index is 1240. The molecule has 1 saturated heterocycles. The van der Waals surface area contributed by atoms with Crippen molar-refractivity contribution in [2.75, 3.05) is 26.8 Å². The lowest BCUT2D eigenvalue weighted by Crippen LogP contribution is -2.55. The van der Waals surface area contributed by atoms with Gasteiger partial charge in [0.1, 0.15) is 12.4 Å². The molecule has 34 heavy (non-hydrogen) atoms. The lowest BCUT2D eigenvalue weighted by atomic mass is 9.59. The molecule has 2 aromatic carbocycles. The quantitative estimate of drug-likeness (QED) is 0.409. The number of rotatable bonds is 3. The van der Waals surface area contributed by atoms with Crippen LogP contribution < -0.4 is 4.74 Å². The monoisotopic (exact) mass is 520 g/mol. The standard InChI is InChI=1S/C26H27Cl3N2O3/c1-16-5-3-8-20-21-12-18-14-31(24(32)34-15-26(27,28)29)10-9-25(18,13-22(21)30-23(16)20)17-6-4-7-19(11-17)33-2/h3-8,11,18,30H,9-10,12-15H2,1-2H3/t18?,25-/m1/s1. The van der Waals surface area contributed by atoms with E-state index in [-0.39, 0.29) is 17.9 Å². The fourth-order valence-corrected chi connectivity index (χ4v) is 5.96. The molecule has 180 valence electrons. The second-order valence-corrected chi connectivity index (χ2v) is 11.9. The number of aromatic nitrogens is 1. The summed E-state index contributed by atoms with van der Waals surface area (Å²) in [6.45, 7) is 3.01. The number of halogens is 3. The maximum atomic E-state index is 12.8. The Morgan fingerprint density at radius 2 is 2.03 bits per heavy atom. The predicted octanol–water partition coefficient (Wildman–Crippen LogP) is 6.35. The minimum absolute atomic E-state index is 0.123. The number of hydrogen-bond donors (Lipinski definition) is 1. The first-order chi connectivity index (χ1) is 16.2. The molecule has 2 heterocycles. The van der Waals surface area contributed by atoms with Gasteiger partial charge in [-0.15, -0.1) is 0 Å². The number of piperidine rings is 1. The van der Waals surface area contributed by atoms with Gasteiger partial charge < -0.3 is 19.4 Å². The number of aryl methyl sites for hydroxylation is 1. The van der Waals surface area contributed by atoms with E-state index in [1.165, 1.54) is 33.3 Å². The molecular formula is C26H27Cl3N2O3. The number of aromatic amines is 1. The van der Waals surface area contributed by atoms with Gasteiger partial charge in [-0.1, -0.05) is 65.1 Å². The number of nitrogens with one attached hydrogen (secondary N) is 1. The summed E-state index contributed by atoms with van der Waals surface area (Å²) in [6.07, 6.45) is 2.11. The van der Waals surface area contributed by atoms with Crippen LogP contribution in [0.15, 0.2) is 42.5 Å². The third kappa shape index (κ3) is 4.23. The van der Waals surface area contributed by atoms with Crippen molar-refractivity contribution in [2.24, 2.45) is 5.92 Å². The van der Waals surface area contributed by atoms with Gasteiger partial charge in [0.05, 0.1) is 7.11 Å². The highest BCUT2D eigenvalue weighted by Gasteiger charge is 2.49. The first kappa shape index (κ1) is 23.7. The number of amides is 1. The third-order valence-corrected chi connectivity index (χ3v) is 7.82. The number of carbonyl (C=O) groups is 1. The second-order valence-electron chi connectivity index (χ2n) is 9.41. The zero-order chi connectivity index (χ0) is 24.1. The van der Waals surface area contributed by atoms with Crippen molar-refractivity contribution in [1.82, 2.24) is 9.88 Å². The Morgan fingerprint density at radius 3 is 2.79 bits per heavy atom. The average molecular weight is 522 g/mol. The summed E-state index contributed by atoms with van der Waals surface area (Å²) in [5.74, 6) is 1.05. The molecule has 5 nitrogen and oxygen atoms in total. The van der Waals surface area contributed by atoms with Gasteiger partial charge in [0, 0.05) is 35.1 Å². The molecule has 1 amide bonds. The molecular weight excluding hydrogens is 495 g/mol. The van der Waals surface area contributed by atoms with Gasteiger partial charge in [0.2, 0.25) is 3.79 Å². The zero-order valence-corrected chi connectivity index (χ0v) is 21.4. The Labute approximate surface area is 214 Å². The molecule has 2 aliphatic rings. The summed E-state index contributed by atoms with van der Waals surface area (Å²) in [5.41, 5.74) is 6.19. The van der Waals surface area contributed by atoms with E-state index in [0.29, 0.717) is 13.1 Å². The largest absolute Gasteiger partial charge is 0.497 e. The van der Waals surface area contributed by atoms with Crippen LogP contribution in [0.5, 0.6) is 5.75 Å². The van der Waals surface area contributed by atoms with Crippen LogP contribution in [0.2, 0.25) is 0 Å². The molecule has 3 aromatic rings. The predicted molar refractivity (Wildman–Crippen MR) is 136 cm³/mol. The van der Waals surface area contributed by atoms with Crippen molar-refractivity contribution < 1.29 is 14.3 Å². The maximum Gasteiger partial charge on any atom is 0.409 e. The number of H-pyrrole nitrogens is 1. The number of hydrogen-bond acceptors (Lipinski definition) is 3. The first-order valence-electron chi connectivity index (χ1n) is 11.4. The minimum Gasteiger partial charge on any atom is -0.497 e. The SMILES string of the molecule is COc1cccc([C@]23CCN(C(=O)OCC(Cl)(Cl)Cl)CC2Cc2c([nH]c4c(C)cccc24)C3)c1. The molecule has 1 fully saturated rings. The highest BCUT2D eigenvalue weighted by atomic mass is 35.6. The summed E-state index contributed by atoms with van der Waals surface area (Å²) in [7, 11) is 1.69. The number of alkyl halides is 3. The smallest absolute Gasteiger partial charge is 0.409 e. The Morgan fingerprint density at radius 1 is 1.24 bits per heavy atom. The van der Waals surface area contributed by atoms with Crippen molar-refractivity contribution in [3.63, 3.8) is 0 Å². The van der Waals surface area contributed by atoms with Crippen LogP contribution in [0.4, 0.5) is 4.79 Å². The Hall–Kier alpha value is -2.08. The van der Waals surface area contributed by atoms with Crippen LogP contribution in [0.1, 0.15) is 28.8 Å². The summed E-state index contributed by atoms with van der Waals surface area (Å²) in [5, 5.41) is 1.27. The summed E-state index contributed by atoms with van der Waals surface area (Å²) in [6, 6.07) is 14.8. The van der Waals surface area contributed by atoms with Crippen molar-refractivity contribution in [2.45, 2.75) is 35.4 Å². The molecule has 0 radical (unpaired) electrons. The van der Waals surface area contributed by atoms with E-state index in [4.69, 9.17) is 44.3 Å². The van der Waals surface area contributed by atoms with Gasteiger partial charge in [0.15, 0.2) is 0 Å². The van der Waals surface area contributed by atoms with E-state index < -0.39 is 9.89 Å². The third-order valence-electron chi connectivity index (χ3n) is 7.49. The van der Waals surface area contributed by atoms with E-state index in [1.807, 2.05) is 12.1 Å². The normalized spacial score (nSPS) is 22.3. The Kier molecular flexibility index (Phi) is 6.16. The van der Waals surface area contributed by atoms with Gasteiger partial charge in [0.25, 0.3) is 0 Å². The Balaban J connectivity index is 1.53. The van der Waals surface area contributed by atoms with E-state index in [1.54, 1.807) is 12.0 Å². The number of likely N-dealkylation sites (tertiary alicyclic amines) is 1. The molecule has 1 aliphatic heterocycles. The maximum absolute atomic E-state index is 12.8. The van der Waals surface area contributed by atoms with Crippen molar-refractivity contribution in [1.29, 1.82) is 0 Å². The highest BCUT2D eigenvalue weighted by molar-refractivity contribution is 6.67. The molecule has 5 rings (SSSR count). The highest BCUT2D eigenvalue weighted by Crippen LogP contribution is 2.50. The van der Waals surface area contributed by atoms with Gasteiger partial charge in [-0.3, -0.25) is 0 Å². The van der Waals surface area contributed by atoms with Gasteiger partial charge in [-0.25, -0.2) is 4.79 Å². The van der Waals surface area contributed by atoms with Crippen LogP contribution in [0.3, 0.4) is 0 Å². The second kappa shape index (κ2) is 8.85. The molecule has 1 aliphatic carbocycles. The molecule has 2 atom stereocenters. The minimum atomic E-state index is -1.63. The number of carbonyl (C=O) groups excluding carboxylic acids is 1. The van der Waals surface area contributed by atoms with Crippen LogP contribution >= 0.6 is 34.8 Å². The fourth-order valence-electron chi connectivity index (χ4n) is 5.80. The number of nitrogens with zero attached hydrogens (tertiary/aromatic N) is 1. The van der Waals surface area contributed by atoms with Crippen molar-refractivity contribution in [3.05, 3.63) is 64.8 Å². The zero-order valence-electron chi connectivity index (χ0n) is 19.2. The molecule has 1 unspecified atom stereocenters. The number of ether oxygens (including phenoxy) is 2. The fraction of sp³-hybridized carbons (Fsp3) is 0.423. The molecule has 1 N–H and O–H groups in total. The molecule has 0 saturated carbocycles. The summed E-state index contributed by atoms with van der Waals surface area (Å²) < 4.78 is 9.23. The van der Waals surface area contributed by atoms with Gasteiger partial charge in [-0.05, 0) is 60.9 Å². The number of para-hydroxylation sites is 1. The van der Waals surface area contributed by atoms with Crippen molar-refractivity contribution in [3.8, 4) is 5.75 Å². The van der Waals surface area contributed by atoms with Crippen LogP contribution in [-0.4, -0.2) is 46.6 Å². The molecule has 0 spiro atoms. The molecule has 8 heteroatoms. The first-order valence-corrected chi connectivity index (χ1v) is 12.6. The van der Waals surface area contributed by atoms with Crippen molar-refractivity contribution >= 4 is 51.8 Å². The van der Waals surface area contributed by atoms with E-state index in [2.05, 4.69) is 42.2 Å². The summed E-state index contributed by atoms with van der Waals surface area (Å²) >= 11 is 17.4. The molecule has 0 bridgehead atoms. The topological polar surface area (TPSA) is 54.6 Å². The molecule has 1 aromatic heterocycles. The number of methoxy groups -OCH3 is 1. The average Bonchev–Trinajstić information content (AvgIpc) is 3.18. The lowest BCUT2D eigenvalue weighted by Gasteiger charge is -2.50. The van der Waals surface area contributed by atoms with E-state index in [9.17, 15) is 4.79 Å². The summed E-state index contributed by atoms with van der Waals surface area (Å²) in [4.78, 5) is 18.3. The number of benzene rings is 2.